The van der Waals surface area contributed by atoms with Crippen molar-refractivity contribution in [2.75, 3.05) is 0 Å². The van der Waals surface area contributed by atoms with Gasteiger partial charge in [-0.2, -0.15) is 0 Å². The number of H-pyrrole nitrogens is 1. The normalized spacial score (nSPS) is 10.9. The van der Waals surface area contributed by atoms with Crippen molar-refractivity contribution in [3.05, 3.63) is 75.3 Å². The van der Waals surface area contributed by atoms with E-state index < -0.39 is 5.82 Å². The van der Waals surface area contributed by atoms with Gasteiger partial charge >= 0.3 is 0 Å². The first-order valence-electron chi connectivity index (χ1n) is 8.77. The van der Waals surface area contributed by atoms with E-state index in [-0.39, 0.29) is 23.2 Å². The summed E-state index contributed by atoms with van der Waals surface area (Å²) in [6, 6.07) is 12.4. The van der Waals surface area contributed by atoms with Gasteiger partial charge in [0.05, 0.1) is 10.7 Å². The van der Waals surface area contributed by atoms with Crippen LogP contribution in [0.1, 0.15) is 19.4 Å². The van der Waals surface area contributed by atoms with Gasteiger partial charge in [-0.3, -0.25) is 9.59 Å². The average molecular weight is 400 g/mol. The molecule has 2 aromatic carbocycles. The minimum atomic E-state index is -0.415. The molecule has 0 radical (unpaired) electrons. The van der Waals surface area contributed by atoms with Crippen LogP contribution in [-0.2, 0) is 11.3 Å². The summed E-state index contributed by atoms with van der Waals surface area (Å²) in [5.74, 6) is -0.320. The SMILES string of the molecule is CC(C)C(=O)NCc1ccc(Cl)c(-c2nc(-c3cccc(F)c3)cc(=O)[nH]2)c1. The average Bonchev–Trinajstić information content (AvgIpc) is 2.66. The number of nitrogens with zero attached hydrogens (tertiary/aromatic N) is 1. The van der Waals surface area contributed by atoms with Gasteiger partial charge in [0, 0.05) is 29.7 Å². The molecule has 0 aliphatic carbocycles. The lowest BCUT2D eigenvalue weighted by molar-refractivity contribution is -0.124. The van der Waals surface area contributed by atoms with Gasteiger partial charge in [0.25, 0.3) is 5.56 Å². The molecule has 0 bridgehead atoms. The van der Waals surface area contributed by atoms with Crippen molar-refractivity contribution in [2.24, 2.45) is 5.92 Å². The van der Waals surface area contributed by atoms with Crippen LogP contribution in [0.15, 0.2) is 53.3 Å². The fourth-order valence-electron chi connectivity index (χ4n) is 2.64. The molecule has 28 heavy (non-hydrogen) atoms. The third-order valence-corrected chi connectivity index (χ3v) is 4.47. The molecule has 7 heteroatoms. The van der Waals surface area contributed by atoms with Crippen LogP contribution in [0.5, 0.6) is 0 Å². The van der Waals surface area contributed by atoms with Gasteiger partial charge in [-0.1, -0.05) is 43.6 Å². The van der Waals surface area contributed by atoms with Gasteiger partial charge in [0.2, 0.25) is 5.91 Å². The Labute approximate surface area is 166 Å². The molecule has 0 saturated heterocycles. The van der Waals surface area contributed by atoms with Crippen molar-refractivity contribution >= 4 is 17.5 Å². The Hall–Kier alpha value is -2.99. The van der Waals surface area contributed by atoms with E-state index in [4.69, 9.17) is 11.6 Å². The molecule has 1 aromatic heterocycles. The highest BCUT2D eigenvalue weighted by Crippen LogP contribution is 2.27. The highest BCUT2D eigenvalue weighted by molar-refractivity contribution is 6.33. The summed E-state index contributed by atoms with van der Waals surface area (Å²) < 4.78 is 13.5. The van der Waals surface area contributed by atoms with Crippen LogP contribution in [0.2, 0.25) is 5.02 Å². The molecule has 144 valence electrons. The summed E-state index contributed by atoms with van der Waals surface area (Å²) in [5, 5.41) is 3.24. The number of halogens is 2. The first-order valence-corrected chi connectivity index (χ1v) is 9.15. The summed E-state index contributed by atoms with van der Waals surface area (Å²) >= 11 is 6.31. The Morgan fingerprint density at radius 2 is 2.00 bits per heavy atom. The maximum Gasteiger partial charge on any atom is 0.251 e. The van der Waals surface area contributed by atoms with E-state index in [1.54, 1.807) is 30.3 Å². The van der Waals surface area contributed by atoms with E-state index in [0.717, 1.165) is 5.56 Å². The van der Waals surface area contributed by atoms with Crippen LogP contribution in [0, 0.1) is 11.7 Å². The Balaban J connectivity index is 1.98. The second-order valence-electron chi connectivity index (χ2n) is 6.68. The van der Waals surface area contributed by atoms with Crippen LogP contribution in [-0.4, -0.2) is 15.9 Å². The maximum atomic E-state index is 13.5. The van der Waals surface area contributed by atoms with Crippen molar-refractivity contribution in [3.8, 4) is 22.6 Å². The number of benzene rings is 2. The number of aromatic nitrogens is 2. The van der Waals surface area contributed by atoms with Gasteiger partial charge in [-0.15, -0.1) is 0 Å². The number of hydrogen-bond acceptors (Lipinski definition) is 3. The van der Waals surface area contributed by atoms with Crippen LogP contribution in [0.25, 0.3) is 22.6 Å². The fourth-order valence-corrected chi connectivity index (χ4v) is 2.85. The predicted octanol–water partition coefficient (Wildman–Crippen LogP) is 4.17. The van der Waals surface area contributed by atoms with Crippen molar-refractivity contribution < 1.29 is 9.18 Å². The molecule has 0 saturated carbocycles. The van der Waals surface area contributed by atoms with E-state index in [0.29, 0.717) is 28.4 Å². The first-order chi connectivity index (χ1) is 13.3. The Morgan fingerprint density at radius 1 is 1.21 bits per heavy atom. The minimum absolute atomic E-state index is 0.0591. The quantitative estimate of drug-likeness (QED) is 0.676. The van der Waals surface area contributed by atoms with Crippen LogP contribution in [0.4, 0.5) is 4.39 Å². The summed E-state index contributed by atoms with van der Waals surface area (Å²) in [7, 11) is 0. The lowest BCUT2D eigenvalue weighted by atomic mass is 10.1. The Morgan fingerprint density at radius 3 is 2.71 bits per heavy atom. The van der Waals surface area contributed by atoms with Gasteiger partial charge in [-0.25, -0.2) is 9.37 Å². The van der Waals surface area contributed by atoms with Gasteiger partial charge in [0.1, 0.15) is 11.6 Å². The standard InChI is InChI=1S/C21H19ClFN3O2/c1-12(2)21(28)24-11-13-6-7-17(22)16(8-13)20-25-18(10-19(27)26-20)14-4-3-5-15(23)9-14/h3-10,12H,11H2,1-2H3,(H,24,28)(H,25,26,27). The van der Waals surface area contributed by atoms with E-state index >= 15 is 0 Å². The number of aromatic amines is 1. The Bertz CT molecular complexity index is 1080. The molecule has 2 N–H and O–H groups in total. The maximum absolute atomic E-state index is 13.5. The zero-order valence-electron chi connectivity index (χ0n) is 15.4. The number of hydrogen-bond donors (Lipinski definition) is 2. The molecule has 0 atom stereocenters. The van der Waals surface area contributed by atoms with Gasteiger partial charge in [-0.05, 0) is 29.8 Å². The van der Waals surface area contributed by atoms with Crippen molar-refractivity contribution in [2.45, 2.75) is 20.4 Å². The first kappa shape index (κ1) is 19.8. The summed E-state index contributed by atoms with van der Waals surface area (Å²) in [5.41, 5.74) is 1.79. The zero-order chi connectivity index (χ0) is 20.3. The van der Waals surface area contributed by atoms with Crippen molar-refractivity contribution in [1.82, 2.24) is 15.3 Å². The molecule has 5 nitrogen and oxygen atoms in total. The highest BCUT2D eigenvalue weighted by atomic mass is 35.5. The molecule has 3 aromatic rings. The Kier molecular flexibility index (Phi) is 5.90. The van der Waals surface area contributed by atoms with Crippen LogP contribution >= 0.6 is 11.6 Å². The monoisotopic (exact) mass is 399 g/mol. The van der Waals surface area contributed by atoms with Crippen molar-refractivity contribution in [1.29, 1.82) is 0 Å². The third kappa shape index (κ3) is 4.64. The molecule has 3 rings (SSSR count). The second kappa shape index (κ2) is 8.35. The molecule has 0 fully saturated rings. The van der Waals surface area contributed by atoms with Crippen LogP contribution < -0.4 is 10.9 Å². The molecule has 0 spiro atoms. The fraction of sp³-hybridized carbons (Fsp3) is 0.190. The number of rotatable bonds is 5. The number of carbonyl (C=O) groups is 1. The van der Waals surface area contributed by atoms with Gasteiger partial charge in [0.15, 0.2) is 0 Å². The summed E-state index contributed by atoms with van der Waals surface area (Å²) in [6.45, 7) is 3.96. The van der Waals surface area contributed by atoms with Gasteiger partial charge < -0.3 is 10.3 Å². The number of carbonyl (C=O) groups excluding carboxylic acids is 1. The highest BCUT2D eigenvalue weighted by Gasteiger charge is 2.12. The number of nitrogens with one attached hydrogen (secondary N) is 2. The molecule has 1 heterocycles. The zero-order valence-corrected chi connectivity index (χ0v) is 16.2. The molecule has 1 amide bonds. The van der Waals surface area contributed by atoms with Crippen LogP contribution in [0.3, 0.4) is 0 Å². The van der Waals surface area contributed by atoms with Crippen molar-refractivity contribution in [3.63, 3.8) is 0 Å². The molecular weight excluding hydrogens is 381 g/mol. The van der Waals surface area contributed by atoms with E-state index in [9.17, 15) is 14.0 Å². The smallest absolute Gasteiger partial charge is 0.251 e. The van der Waals surface area contributed by atoms with E-state index in [1.165, 1.54) is 18.2 Å². The molecule has 0 aliphatic heterocycles. The lowest BCUT2D eigenvalue weighted by Gasteiger charge is -2.11. The minimum Gasteiger partial charge on any atom is -0.352 e. The topological polar surface area (TPSA) is 74.8 Å². The third-order valence-electron chi connectivity index (χ3n) is 4.14. The largest absolute Gasteiger partial charge is 0.352 e. The van der Waals surface area contributed by atoms with E-state index in [2.05, 4.69) is 15.3 Å². The summed E-state index contributed by atoms with van der Waals surface area (Å²) in [4.78, 5) is 31.0. The number of amides is 1. The molecule has 0 unspecified atom stereocenters. The second-order valence-corrected chi connectivity index (χ2v) is 7.08. The molecule has 0 aliphatic rings. The summed E-state index contributed by atoms with van der Waals surface area (Å²) in [6.07, 6.45) is 0. The lowest BCUT2D eigenvalue weighted by Crippen LogP contribution is -2.27. The predicted molar refractivity (Wildman–Crippen MR) is 107 cm³/mol. The molecular formula is C21H19ClFN3O2. The van der Waals surface area contributed by atoms with E-state index in [1.807, 2.05) is 13.8 Å².